The molecular formula is C10H16BrN3OS. The normalized spacial score (nSPS) is 12.4. The minimum atomic E-state index is -0.716. The number of nitrogens with one attached hydrogen (secondary N) is 1. The van der Waals surface area contributed by atoms with Crippen molar-refractivity contribution in [3.05, 3.63) is 16.5 Å². The first kappa shape index (κ1) is 13.6. The molecule has 1 rings (SSSR count). The van der Waals surface area contributed by atoms with Gasteiger partial charge < -0.3 is 5.32 Å². The molecule has 90 valence electrons. The highest BCUT2D eigenvalue weighted by Crippen LogP contribution is 2.12. The second-order valence-corrected chi connectivity index (χ2v) is 5.77. The monoisotopic (exact) mass is 305 g/mol. The lowest BCUT2D eigenvalue weighted by atomic mass is 10.4. The molecule has 1 N–H and O–H groups in total. The number of aryl methyl sites for hydroxylation is 1. The molecule has 0 saturated heterocycles. The van der Waals surface area contributed by atoms with Crippen molar-refractivity contribution in [1.29, 1.82) is 0 Å². The molecule has 0 radical (unpaired) electrons. The third-order valence-corrected chi connectivity index (χ3v) is 3.24. The van der Waals surface area contributed by atoms with Gasteiger partial charge in [-0.2, -0.15) is 0 Å². The summed E-state index contributed by atoms with van der Waals surface area (Å²) >= 11 is 3.35. The molecule has 0 bridgehead atoms. The molecule has 0 amide bonds. The molecule has 0 saturated carbocycles. The minimum absolute atomic E-state index is 0.716. The van der Waals surface area contributed by atoms with Gasteiger partial charge >= 0.3 is 0 Å². The lowest BCUT2D eigenvalue weighted by Gasteiger charge is -2.06. The Morgan fingerprint density at radius 1 is 1.50 bits per heavy atom. The van der Waals surface area contributed by atoms with Gasteiger partial charge in [-0.25, -0.2) is 9.97 Å². The van der Waals surface area contributed by atoms with Crippen LogP contribution in [-0.2, 0) is 17.2 Å². The topological polar surface area (TPSA) is 54.9 Å². The van der Waals surface area contributed by atoms with Crippen LogP contribution in [0.5, 0.6) is 0 Å². The number of hydrogen-bond donors (Lipinski definition) is 1. The predicted octanol–water partition coefficient (Wildman–Crippen LogP) is 1.98. The standard InChI is InChI=1S/C10H16BrN3OS/c1-3-9-13-8(11)7-10(14-9)12-5-4-6-16(2)15/h7H,3-6H2,1-2H3,(H,12,13,14). The van der Waals surface area contributed by atoms with Crippen molar-refractivity contribution >= 4 is 32.5 Å². The van der Waals surface area contributed by atoms with Gasteiger partial charge in [0.2, 0.25) is 0 Å². The SMILES string of the molecule is CCc1nc(Br)cc(NCCCS(C)=O)n1. The van der Waals surface area contributed by atoms with Crippen molar-refractivity contribution < 1.29 is 4.21 Å². The molecule has 0 aliphatic rings. The molecular weight excluding hydrogens is 290 g/mol. The second kappa shape index (κ2) is 6.96. The molecule has 1 unspecified atom stereocenters. The summed E-state index contributed by atoms with van der Waals surface area (Å²) in [4.78, 5) is 8.57. The van der Waals surface area contributed by atoms with Gasteiger partial charge in [0.05, 0.1) is 0 Å². The quantitative estimate of drug-likeness (QED) is 0.645. The van der Waals surface area contributed by atoms with Gasteiger partial charge in [0.15, 0.2) is 0 Å². The van der Waals surface area contributed by atoms with E-state index in [0.717, 1.165) is 41.4 Å². The summed E-state index contributed by atoms with van der Waals surface area (Å²) < 4.78 is 11.7. The highest BCUT2D eigenvalue weighted by atomic mass is 79.9. The van der Waals surface area contributed by atoms with Crippen LogP contribution in [0.15, 0.2) is 10.7 Å². The molecule has 0 aliphatic carbocycles. The number of rotatable bonds is 6. The zero-order valence-corrected chi connectivity index (χ0v) is 11.9. The summed E-state index contributed by atoms with van der Waals surface area (Å²) in [6.45, 7) is 2.80. The number of hydrogen-bond acceptors (Lipinski definition) is 4. The Labute approximate surface area is 107 Å². The van der Waals surface area contributed by atoms with Crippen molar-refractivity contribution in [3.8, 4) is 0 Å². The maximum atomic E-state index is 10.9. The van der Waals surface area contributed by atoms with Crippen molar-refractivity contribution in [2.24, 2.45) is 0 Å². The molecule has 1 aromatic rings. The first-order valence-electron chi connectivity index (χ1n) is 5.19. The van der Waals surface area contributed by atoms with Crippen molar-refractivity contribution in [2.75, 3.05) is 23.9 Å². The number of nitrogens with zero attached hydrogens (tertiary/aromatic N) is 2. The fourth-order valence-electron chi connectivity index (χ4n) is 1.21. The predicted molar refractivity (Wildman–Crippen MR) is 71.2 cm³/mol. The molecule has 1 heterocycles. The lowest BCUT2D eigenvalue weighted by Crippen LogP contribution is -2.08. The zero-order chi connectivity index (χ0) is 12.0. The first-order chi connectivity index (χ1) is 7.61. The minimum Gasteiger partial charge on any atom is -0.370 e. The third-order valence-electron chi connectivity index (χ3n) is 1.97. The third kappa shape index (κ3) is 5.03. The van der Waals surface area contributed by atoms with E-state index >= 15 is 0 Å². The fourth-order valence-corrected chi connectivity index (χ4v) is 2.18. The summed E-state index contributed by atoms with van der Waals surface area (Å²) in [6.07, 6.45) is 3.41. The van der Waals surface area contributed by atoms with Crippen molar-refractivity contribution in [3.63, 3.8) is 0 Å². The van der Waals surface area contributed by atoms with Gasteiger partial charge in [0.1, 0.15) is 16.2 Å². The summed E-state index contributed by atoms with van der Waals surface area (Å²) in [6, 6.07) is 1.85. The van der Waals surface area contributed by atoms with E-state index in [4.69, 9.17) is 0 Å². The molecule has 16 heavy (non-hydrogen) atoms. The molecule has 1 aromatic heterocycles. The van der Waals surface area contributed by atoms with Crippen LogP contribution in [0.3, 0.4) is 0 Å². The van der Waals surface area contributed by atoms with Gasteiger partial charge in [-0.05, 0) is 22.4 Å². The maximum Gasteiger partial charge on any atom is 0.131 e. The Morgan fingerprint density at radius 2 is 2.25 bits per heavy atom. The van der Waals surface area contributed by atoms with Crippen LogP contribution in [0.25, 0.3) is 0 Å². The van der Waals surface area contributed by atoms with Gasteiger partial charge in [-0.1, -0.05) is 6.92 Å². The average molecular weight is 306 g/mol. The van der Waals surface area contributed by atoms with E-state index < -0.39 is 10.8 Å². The Kier molecular flexibility index (Phi) is 5.90. The van der Waals surface area contributed by atoms with Gasteiger partial charge in [0.25, 0.3) is 0 Å². The number of aromatic nitrogens is 2. The van der Waals surface area contributed by atoms with E-state index in [9.17, 15) is 4.21 Å². The second-order valence-electron chi connectivity index (χ2n) is 3.40. The molecule has 0 fully saturated rings. The van der Waals surface area contributed by atoms with Gasteiger partial charge in [-0.15, -0.1) is 0 Å². The Hall–Kier alpha value is -0.490. The van der Waals surface area contributed by atoms with E-state index in [1.54, 1.807) is 6.26 Å². The van der Waals surface area contributed by atoms with Crippen molar-refractivity contribution in [2.45, 2.75) is 19.8 Å². The molecule has 6 heteroatoms. The summed E-state index contributed by atoms with van der Waals surface area (Å²) in [5.41, 5.74) is 0. The van der Waals surface area contributed by atoms with Gasteiger partial charge in [-0.3, -0.25) is 4.21 Å². The zero-order valence-electron chi connectivity index (χ0n) is 9.49. The van der Waals surface area contributed by atoms with Crippen LogP contribution < -0.4 is 5.32 Å². The van der Waals surface area contributed by atoms with Crippen LogP contribution in [0.4, 0.5) is 5.82 Å². The highest BCUT2D eigenvalue weighted by Gasteiger charge is 2.01. The lowest BCUT2D eigenvalue weighted by molar-refractivity contribution is 0.685. The van der Waals surface area contributed by atoms with Crippen molar-refractivity contribution in [1.82, 2.24) is 9.97 Å². The van der Waals surface area contributed by atoms with E-state index in [-0.39, 0.29) is 0 Å². The van der Waals surface area contributed by atoms with Gasteiger partial charge in [0, 0.05) is 41.8 Å². The smallest absolute Gasteiger partial charge is 0.131 e. The highest BCUT2D eigenvalue weighted by molar-refractivity contribution is 9.10. The Morgan fingerprint density at radius 3 is 2.88 bits per heavy atom. The molecule has 0 spiro atoms. The number of halogens is 1. The van der Waals surface area contributed by atoms with E-state index in [1.807, 2.05) is 13.0 Å². The van der Waals surface area contributed by atoms with Crippen LogP contribution in [0, 0.1) is 0 Å². The van der Waals surface area contributed by atoms with Crippen LogP contribution in [-0.4, -0.2) is 32.7 Å². The van der Waals surface area contributed by atoms with Crippen LogP contribution in [0.1, 0.15) is 19.2 Å². The largest absolute Gasteiger partial charge is 0.370 e. The summed E-state index contributed by atoms with van der Waals surface area (Å²) in [7, 11) is -0.716. The summed E-state index contributed by atoms with van der Waals surface area (Å²) in [5.74, 6) is 2.36. The fraction of sp³-hybridized carbons (Fsp3) is 0.600. The van der Waals surface area contributed by atoms with E-state index in [2.05, 4.69) is 31.2 Å². The number of anilines is 1. The van der Waals surface area contributed by atoms with Crippen LogP contribution in [0.2, 0.25) is 0 Å². The van der Waals surface area contributed by atoms with E-state index in [0.29, 0.717) is 0 Å². The average Bonchev–Trinajstić information content (AvgIpc) is 2.23. The maximum absolute atomic E-state index is 10.9. The molecule has 0 aliphatic heterocycles. The Balaban J connectivity index is 2.47. The van der Waals surface area contributed by atoms with Crippen LogP contribution >= 0.6 is 15.9 Å². The molecule has 0 aromatic carbocycles. The molecule has 4 nitrogen and oxygen atoms in total. The molecule has 1 atom stereocenters. The first-order valence-corrected chi connectivity index (χ1v) is 7.71. The van der Waals surface area contributed by atoms with E-state index in [1.165, 1.54) is 0 Å². The Bertz CT molecular complexity index is 373. The summed E-state index contributed by atoms with van der Waals surface area (Å²) in [5, 5.41) is 3.20.